The highest BCUT2D eigenvalue weighted by Gasteiger charge is 2.08. The molecule has 0 aliphatic carbocycles. The Hall–Kier alpha value is -1.23. The molecule has 2 aromatic carbocycles. The van der Waals surface area contributed by atoms with Gasteiger partial charge in [-0.2, -0.15) is 0 Å². The summed E-state index contributed by atoms with van der Waals surface area (Å²) in [6.45, 7) is 1.14. The minimum atomic E-state index is 0.405. The number of ether oxygens (including phenoxy) is 2. The van der Waals surface area contributed by atoms with Gasteiger partial charge in [-0.1, -0.05) is 27.5 Å². The van der Waals surface area contributed by atoms with Gasteiger partial charge in [0.2, 0.25) is 0 Å². The van der Waals surface area contributed by atoms with Gasteiger partial charge in [-0.25, -0.2) is 0 Å². The van der Waals surface area contributed by atoms with Crippen LogP contribution in [0.5, 0.6) is 11.5 Å². The van der Waals surface area contributed by atoms with Crippen molar-refractivity contribution >= 4 is 27.5 Å². The van der Waals surface area contributed by atoms with Crippen molar-refractivity contribution in [3.63, 3.8) is 0 Å². The van der Waals surface area contributed by atoms with Gasteiger partial charge in [-0.3, -0.25) is 0 Å². The van der Waals surface area contributed by atoms with Crippen LogP contribution in [-0.4, -0.2) is 14.2 Å². The van der Waals surface area contributed by atoms with Gasteiger partial charge in [0.25, 0.3) is 0 Å². The fourth-order valence-corrected chi connectivity index (χ4v) is 2.64. The van der Waals surface area contributed by atoms with Crippen LogP contribution in [0.25, 0.3) is 0 Å². The Morgan fingerprint density at radius 2 is 1.86 bits per heavy atom. The van der Waals surface area contributed by atoms with E-state index in [1.54, 1.807) is 13.2 Å². The van der Waals surface area contributed by atoms with Crippen molar-refractivity contribution in [3.8, 4) is 11.5 Å². The second-order valence-electron chi connectivity index (χ2n) is 4.53. The topological polar surface area (TPSA) is 30.5 Å². The minimum absolute atomic E-state index is 0.405. The van der Waals surface area contributed by atoms with Crippen LogP contribution in [-0.2, 0) is 13.2 Å². The summed E-state index contributed by atoms with van der Waals surface area (Å²) in [4.78, 5) is 0. The van der Waals surface area contributed by atoms with Gasteiger partial charge >= 0.3 is 0 Å². The average Bonchev–Trinajstić information content (AvgIpc) is 2.47. The molecule has 0 saturated carbocycles. The number of hydrogen-bond acceptors (Lipinski definition) is 3. The van der Waals surface area contributed by atoms with Crippen molar-refractivity contribution in [2.24, 2.45) is 0 Å². The maximum atomic E-state index is 6.03. The summed E-state index contributed by atoms with van der Waals surface area (Å²) in [5.74, 6) is 1.61. The van der Waals surface area contributed by atoms with Gasteiger partial charge in [-0.05, 0) is 43.4 Å². The molecule has 3 nitrogen and oxygen atoms in total. The number of halogens is 2. The van der Waals surface area contributed by atoms with Gasteiger partial charge < -0.3 is 14.8 Å². The molecule has 2 aromatic rings. The van der Waals surface area contributed by atoms with Gasteiger partial charge in [0.05, 0.1) is 7.11 Å². The number of benzene rings is 2. The highest BCUT2D eigenvalue weighted by atomic mass is 79.9. The summed E-state index contributed by atoms with van der Waals surface area (Å²) in [6.07, 6.45) is 0. The molecule has 0 radical (unpaired) electrons. The quantitative estimate of drug-likeness (QED) is 0.817. The molecule has 0 saturated heterocycles. The predicted molar refractivity (Wildman–Crippen MR) is 89.2 cm³/mol. The van der Waals surface area contributed by atoms with Crippen molar-refractivity contribution in [2.75, 3.05) is 14.2 Å². The summed E-state index contributed by atoms with van der Waals surface area (Å²) in [5.41, 5.74) is 2.01. The fourth-order valence-electron chi connectivity index (χ4n) is 2.03. The van der Waals surface area contributed by atoms with Crippen molar-refractivity contribution in [2.45, 2.75) is 13.2 Å². The molecule has 5 heteroatoms. The van der Waals surface area contributed by atoms with E-state index in [0.29, 0.717) is 11.6 Å². The molecular weight excluding hydrogens is 354 g/mol. The molecule has 0 aliphatic rings. The Morgan fingerprint density at radius 1 is 1.10 bits per heavy atom. The monoisotopic (exact) mass is 369 g/mol. The molecule has 0 bridgehead atoms. The van der Waals surface area contributed by atoms with Crippen LogP contribution in [0, 0.1) is 0 Å². The van der Waals surface area contributed by atoms with Gasteiger partial charge in [0, 0.05) is 27.2 Å². The van der Waals surface area contributed by atoms with E-state index in [9.17, 15) is 0 Å². The van der Waals surface area contributed by atoms with E-state index in [2.05, 4.69) is 21.2 Å². The highest BCUT2D eigenvalue weighted by Crippen LogP contribution is 2.27. The molecule has 1 N–H and O–H groups in total. The van der Waals surface area contributed by atoms with E-state index in [1.807, 2.05) is 37.4 Å². The highest BCUT2D eigenvalue weighted by molar-refractivity contribution is 9.10. The Labute approximate surface area is 138 Å². The molecular formula is C16H17BrClNO2. The molecule has 0 spiro atoms. The van der Waals surface area contributed by atoms with Crippen LogP contribution in [0.3, 0.4) is 0 Å². The van der Waals surface area contributed by atoms with Crippen LogP contribution >= 0.6 is 27.5 Å². The number of rotatable bonds is 6. The van der Waals surface area contributed by atoms with Crippen LogP contribution in [0.15, 0.2) is 40.9 Å². The Morgan fingerprint density at radius 3 is 2.57 bits per heavy atom. The van der Waals surface area contributed by atoms with Crippen molar-refractivity contribution in [1.82, 2.24) is 5.32 Å². The number of hydrogen-bond donors (Lipinski definition) is 1. The Bertz CT molecular complexity index is 619. The van der Waals surface area contributed by atoms with Crippen molar-refractivity contribution in [1.29, 1.82) is 0 Å². The summed E-state index contributed by atoms with van der Waals surface area (Å²) in [7, 11) is 3.55. The first kappa shape index (κ1) is 16.1. The van der Waals surface area contributed by atoms with Crippen molar-refractivity contribution < 1.29 is 9.47 Å². The molecule has 0 unspecified atom stereocenters. The summed E-state index contributed by atoms with van der Waals surface area (Å²) in [6, 6.07) is 11.5. The van der Waals surface area contributed by atoms with E-state index >= 15 is 0 Å². The van der Waals surface area contributed by atoms with E-state index in [1.165, 1.54) is 0 Å². The first-order valence-corrected chi connectivity index (χ1v) is 7.69. The maximum absolute atomic E-state index is 6.03. The lowest BCUT2D eigenvalue weighted by Crippen LogP contribution is -2.08. The average molecular weight is 371 g/mol. The molecule has 0 atom stereocenters. The van der Waals surface area contributed by atoms with E-state index in [4.69, 9.17) is 21.1 Å². The molecule has 0 amide bonds. The first-order valence-electron chi connectivity index (χ1n) is 6.52. The zero-order chi connectivity index (χ0) is 15.2. The molecule has 21 heavy (non-hydrogen) atoms. The standard InChI is InChI=1S/C16H17BrClNO2/c1-19-9-11-7-13(17)3-5-16(11)21-10-12-8-14(18)4-6-15(12)20-2/h3-8,19H,9-10H2,1-2H3. The van der Waals surface area contributed by atoms with Gasteiger partial charge in [-0.15, -0.1) is 0 Å². The van der Waals surface area contributed by atoms with E-state index in [0.717, 1.165) is 33.6 Å². The molecule has 0 aromatic heterocycles. The first-order chi connectivity index (χ1) is 10.1. The molecule has 0 heterocycles. The third-order valence-corrected chi connectivity index (χ3v) is 3.74. The molecule has 112 valence electrons. The van der Waals surface area contributed by atoms with Gasteiger partial charge in [0.1, 0.15) is 18.1 Å². The molecule has 0 fully saturated rings. The molecule has 2 rings (SSSR count). The van der Waals surface area contributed by atoms with Crippen LogP contribution in [0.2, 0.25) is 5.02 Å². The smallest absolute Gasteiger partial charge is 0.125 e. The number of nitrogens with one attached hydrogen (secondary N) is 1. The zero-order valence-electron chi connectivity index (χ0n) is 12.0. The third kappa shape index (κ3) is 4.37. The fraction of sp³-hybridized carbons (Fsp3) is 0.250. The lowest BCUT2D eigenvalue weighted by atomic mass is 10.2. The summed E-state index contributed by atoms with van der Waals surface area (Å²) < 4.78 is 12.3. The molecule has 0 aliphatic heterocycles. The lowest BCUT2D eigenvalue weighted by molar-refractivity contribution is 0.293. The van der Waals surface area contributed by atoms with Crippen molar-refractivity contribution in [3.05, 3.63) is 57.0 Å². The maximum Gasteiger partial charge on any atom is 0.125 e. The zero-order valence-corrected chi connectivity index (χ0v) is 14.3. The lowest BCUT2D eigenvalue weighted by Gasteiger charge is -2.14. The Balaban J connectivity index is 2.18. The summed E-state index contributed by atoms with van der Waals surface area (Å²) in [5, 5.41) is 3.80. The minimum Gasteiger partial charge on any atom is -0.496 e. The van der Waals surface area contributed by atoms with E-state index < -0.39 is 0 Å². The second kappa shape index (κ2) is 7.69. The largest absolute Gasteiger partial charge is 0.496 e. The van der Waals surface area contributed by atoms with Crippen LogP contribution in [0.1, 0.15) is 11.1 Å². The van der Waals surface area contributed by atoms with Crippen LogP contribution < -0.4 is 14.8 Å². The van der Waals surface area contributed by atoms with Crippen LogP contribution in [0.4, 0.5) is 0 Å². The summed E-state index contributed by atoms with van der Waals surface area (Å²) >= 11 is 9.50. The number of methoxy groups -OCH3 is 1. The second-order valence-corrected chi connectivity index (χ2v) is 5.88. The van der Waals surface area contributed by atoms with Gasteiger partial charge in [0.15, 0.2) is 0 Å². The Kier molecular flexibility index (Phi) is 5.91. The SMILES string of the molecule is CNCc1cc(Br)ccc1OCc1cc(Cl)ccc1OC. The predicted octanol–water partition coefficient (Wildman–Crippen LogP) is 4.41. The normalized spacial score (nSPS) is 10.5. The third-order valence-electron chi connectivity index (χ3n) is 3.02. The van der Waals surface area contributed by atoms with E-state index in [-0.39, 0.29) is 0 Å².